The van der Waals surface area contributed by atoms with Gasteiger partial charge in [0.05, 0.1) is 40.1 Å². The van der Waals surface area contributed by atoms with Gasteiger partial charge < -0.3 is 9.47 Å². The van der Waals surface area contributed by atoms with Crippen molar-refractivity contribution in [2.75, 3.05) is 6.61 Å². The minimum Gasteiger partial charge on any atom is -0.488 e. The van der Waals surface area contributed by atoms with Crippen LogP contribution in [0.15, 0.2) is 106 Å². The number of esters is 1. The molecule has 0 N–H and O–H groups in total. The van der Waals surface area contributed by atoms with Crippen molar-refractivity contribution >= 4 is 34.2 Å². The molecule has 0 spiro atoms. The van der Waals surface area contributed by atoms with E-state index < -0.39 is 12.0 Å². The molecular formula is C36H29N3O4S. The number of benzene rings is 4. The van der Waals surface area contributed by atoms with Crippen LogP contribution < -0.4 is 19.6 Å². The van der Waals surface area contributed by atoms with Crippen LogP contribution in [0.25, 0.3) is 16.8 Å². The highest BCUT2D eigenvalue weighted by atomic mass is 32.1. The maximum absolute atomic E-state index is 14.2. The molecule has 44 heavy (non-hydrogen) atoms. The molecule has 0 fully saturated rings. The van der Waals surface area contributed by atoms with E-state index in [1.165, 1.54) is 11.3 Å². The molecule has 8 heteroatoms. The van der Waals surface area contributed by atoms with Crippen LogP contribution in [0, 0.1) is 18.3 Å². The Balaban J connectivity index is 1.50. The molecule has 0 unspecified atom stereocenters. The quantitative estimate of drug-likeness (QED) is 0.224. The van der Waals surface area contributed by atoms with E-state index in [9.17, 15) is 9.59 Å². The monoisotopic (exact) mass is 599 g/mol. The molecule has 4 aromatic carbocycles. The normalized spacial score (nSPS) is 14.6. The van der Waals surface area contributed by atoms with Gasteiger partial charge in [-0.3, -0.25) is 9.36 Å². The van der Waals surface area contributed by atoms with Gasteiger partial charge in [0.25, 0.3) is 5.56 Å². The summed E-state index contributed by atoms with van der Waals surface area (Å²) in [5.41, 5.74) is 4.78. The third-order valence-electron chi connectivity index (χ3n) is 7.59. The minimum absolute atomic E-state index is 0.215. The number of aryl methyl sites for hydroxylation is 1. The Bertz CT molecular complexity index is 2150. The van der Waals surface area contributed by atoms with Crippen molar-refractivity contribution in [1.82, 2.24) is 4.57 Å². The van der Waals surface area contributed by atoms with Gasteiger partial charge in [0.2, 0.25) is 0 Å². The van der Waals surface area contributed by atoms with Crippen molar-refractivity contribution in [1.29, 1.82) is 5.26 Å². The number of carbonyl (C=O) groups excluding carboxylic acids is 1. The maximum Gasteiger partial charge on any atom is 0.338 e. The fourth-order valence-electron chi connectivity index (χ4n) is 5.37. The van der Waals surface area contributed by atoms with Gasteiger partial charge in [0.15, 0.2) is 4.80 Å². The number of hydrogen-bond donors (Lipinski definition) is 0. The van der Waals surface area contributed by atoms with E-state index in [0.29, 0.717) is 38.5 Å². The first kappa shape index (κ1) is 28.8. The zero-order valence-corrected chi connectivity index (χ0v) is 25.4. The maximum atomic E-state index is 14.2. The lowest BCUT2D eigenvalue weighted by atomic mass is 9.95. The van der Waals surface area contributed by atoms with Crippen molar-refractivity contribution in [3.63, 3.8) is 0 Å². The highest BCUT2D eigenvalue weighted by Crippen LogP contribution is 2.32. The summed E-state index contributed by atoms with van der Waals surface area (Å²) >= 11 is 1.28. The first-order valence-electron chi connectivity index (χ1n) is 14.3. The standard InChI is InChI=1S/C36H29N3O4S/c1-4-42-35(41)32-23(3)38-36-39(33(32)27-15-9-22(2)10-16-27)34(40)31(44-36)19-29-28-8-6-5-7-26(28)17-18-30(29)43-21-25-13-11-24(20-37)12-14-25/h5-19,33H,4,21H2,1-3H3/b31-19-/t33-/m1/s1. The summed E-state index contributed by atoms with van der Waals surface area (Å²) < 4.78 is 13.8. The van der Waals surface area contributed by atoms with Gasteiger partial charge >= 0.3 is 5.97 Å². The zero-order valence-electron chi connectivity index (χ0n) is 24.5. The van der Waals surface area contributed by atoms with E-state index in [-0.39, 0.29) is 12.2 Å². The number of aromatic nitrogens is 1. The van der Waals surface area contributed by atoms with Crippen molar-refractivity contribution < 1.29 is 14.3 Å². The summed E-state index contributed by atoms with van der Waals surface area (Å²) in [5.74, 6) is 0.138. The number of nitrogens with zero attached hydrogens (tertiary/aromatic N) is 3. The minimum atomic E-state index is -0.673. The molecule has 0 bridgehead atoms. The average Bonchev–Trinajstić information content (AvgIpc) is 3.34. The fourth-order valence-corrected chi connectivity index (χ4v) is 6.40. The smallest absolute Gasteiger partial charge is 0.338 e. The third-order valence-corrected chi connectivity index (χ3v) is 8.58. The van der Waals surface area contributed by atoms with Gasteiger partial charge in [-0.15, -0.1) is 0 Å². The lowest BCUT2D eigenvalue weighted by Crippen LogP contribution is -2.39. The molecule has 1 aromatic heterocycles. The van der Waals surface area contributed by atoms with Gasteiger partial charge in [-0.25, -0.2) is 9.79 Å². The number of rotatable bonds is 7. The van der Waals surface area contributed by atoms with Gasteiger partial charge in [0.1, 0.15) is 12.4 Å². The molecule has 0 radical (unpaired) electrons. The Morgan fingerprint density at radius 1 is 1.02 bits per heavy atom. The predicted octanol–water partition coefficient (Wildman–Crippen LogP) is 5.71. The van der Waals surface area contributed by atoms with Crippen molar-refractivity contribution in [3.8, 4) is 11.8 Å². The summed E-state index contributed by atoms with van der Waals surface area (Å²) in [6.07, 6.45) is 1.86. The van der Waals surface area contributed by atoms with E-state index in [1.807, 2.05) is 85.8 Å². The molecule has 0 saturated carbocycles. The van der Waals surface area contributed by atoms with E-state index in [4.69, 9.17) is 19.7 Å². The predicted molar refractivity (Wildman–Crippen MR) is 171 cm³/mol. The number of thiazole rings is 1. The largest absolute Gasteiger partial charge is 0.488 e. The van der Waals surface area contributed by atoms with Gasteiger partial charge in [-0.2, -0.15) is 5.26 Å². The topological polar surface area (TPSA) is 93.7 Å². The van der Waals surface area contributed by atoms with E-state index >= 15 is 0 Å². The average molecular weight is 600 g/mol. The molecule has 0 aliphatic carbocycles. The molecular weight excluding hydrogens is 570 g/mol. The fraction of sp³-hybridized carbons (Fsp3) is 0.167. The molecule has 1 atom stereocenters. The molecule has 218 valence electrons. The molecule has 1 aliphatic heterocycles. The summed E-state index contributed by atoms with van der Waals surface area (Å²) in [4.78, 5) is 32.7. The van der Waals surface area contributed by atoms with Crippen LogP contribution in [0.5, 0.6) is 5.75 Å². The highest BCUT2D eigenvalue weighted by Gasteiger charge is 2.33. The SMILES string of the molecule is CCOC(=O)C1=C(C)N=c2s/c(=C\c3c(OCc4ccc(C#N)cc4)ccc4ccccc34)c(=O)n2[C@@H]1c1ccc(C)cc1. The molecule has 1 aliphatic rings. The lowest BCUT2D eigenvalue weighted by molar-refractivity contribution is -0.139. The third kappa shape index (κ3) is 5.46. The summed E-state index contributed by atoms with van der Waals surface area (Å²) in [6.45, 7) is 6.04. The molecule has 6 rings (SSSR count). The molecule has 0 saturated heterocycles. The second-order valence-corrected chi connectivity index (χ2v) is 11.5. The van der Waals surface area contributed by atoms with Crippen LogP contribution in [0.1, 0.15) is 47.7 Å². The van der Waals surface area contributed by atoms with Crippen LogP contribution in [0.4, 0.5) is 0 Å². The first-order valence-corrected chi connectivity index (χ1v) is 15.1. The number of ether oxygens (including phenoxy) is 2. The zero-order chi connectivity index (χ0) is 30.8. The second kappa shape index (κ2) is 12.2. The van der Waals surface area contributed by atoms with E-state index in [0.717, 1.165) is 33.0 Å². The van der Waals surface area contributed by atoms with Crippen LogP contribution in [0.3, 0.4) is 0 Å². The summed E-state index contributed by atoms with van der Waals surface area (Å²) in [6, 6.07) is 28.4. The van der Waals surface area contributed by atoms with Gasteiger partial charge in [-0.05, 0) is 66.9 Å². The Morgan fingerprint density at radius 2 is 1.77 bits per heavy atom. The van der Waals surface area contributed by atoms with Crippen LogP contribution in [0.2, 0.25) is 0 Å². The Morgan fingerprint density at radius 3 is 2.50 bits per heavy atom. The second-order valence-electron chi connectivity index (χ2n) is 10.5. The van der Waals surface area contributed by atoms with Gasteiger partial charge in [-0.1, -0.05) is 83.6 Å². The number of carbonyl (C=O) groups is 1. The highest BCUT2D eigenvalue weighted by molar-refractivity contribution is 7.07. The molecule has 0 amide bonds. The van der Waals surface area contributed by atoms with Crippen molar-refractivity contribution in [2.24, 2.45) is 4.99 Å². The number of hydrogen-bond acceptors (Lipinski definition) is 7. The summed E-state index contributed by atoms with van der Waals surface area (Å²) in [5, 5.41) is 11.1. The Labute approximate surface area is 258 Å². The first-order chi connectivity index (χ1) is 21.4. The van der Waals surface area contributed by atoms with Crippen LogP contribution in [-0.4, -0.2) is 17.1 Å². The number of nitriles is 1. The molecule has 2 heterocycles. The Hall–Kier alpha value is -5.26. The van der Waals surface area contributed by atoms with Crippen LogP contribution >= 0.6 is 11.3 Å². The Kier molecular flexibility index (Phi) is 7.97. The molecule has 5 aromatic rings. The summed E-state index contributed by atoms with van der Waals surface area (Å²) in [7, 11) is 0. The van der Waals surface area contributed by atoms with Crippen molar-refractivity contribution in [2.45, 2.75) is 33.4 Å². The van der Waals surface area contributed by atoms with Gasteiger partial charge in [0, 0.05) is 5.56 Å². The van der Waals surface area contributed by atoms with Crippen LogP contribution in [-0.2, 0) is 16.1 Å². The van der Waals surface area contributed by atoms with E-state index in [1.54, 1.807) is 30.5 Å². The number of allylic oxidation sites excluding steroid dienone is 1. The van der Waals surface area contributed by atoms with E-state index in [2.05, 4.69) is 6.07 Å². The van der Waals surface area contributed by atoms with Crippen molar-refractivity contribution in [3.05, 3.63) is 144 Å². The lowest BCUT2D eigenvalue weighted by Gasteiger charge is -2.24. The number of fused-ring (bicyclic) bond motifs is 2. The molecule has 7 nitrogen and oxygen atoms in total.